The van der Waals surface area contributed by atoms with Crippen LogP contribution in [0.2, 0.25) is 0 Å². The van der Waals surface area contributed by atoms with Crippen LogP contribution in [0.1, 0.15) is 67.3 Å². The molecule has 1 aliphatic rings. The molecule has 2 nitrogen and oxygen atoms in total. The van der Waals surface area contributed by atoms with Crippen LogP contribution in [-0.4, -0.2) is 5.97 Å². The minimum atomic E-state index is -0.976. The van der Waals surface area contributed by atoms with E-state index >= 15 is 0 Å². The number of carbonyl (C=O) groups excluding carboxylic acids is 1. The molecule has 1 fully saturated rings. The van der Waals surface area contributed by atoms with Crippen LogP contribution in [0.5, 0.6) is 5.75 Å². The summed E-state index contributed by atoms with van der Waals surface area (Å²) in [6.07, 6.45) is 6.78. The first-order valence-electron chi connectivity index (χ1n) is 9.44. The van der Waals surface area contributed by atoms with Crippen LogP contribution in [0.3, 0.4) is 0 Å². The minimum absolute atomic E-state index is 0.247. The fraction of sp³-hybridized carbons (Fsp3) is 0.409. The van der Waals surface area contributed by atoms with E-state index in [1.54, 1.807) is 6.07 Å². The summed E-state index contributed by atoms with van der Waals surface area (Å²) in [5.74, 6) is -2.62. The van der Waals surface area contributed by atoms with Gasteiger partial charge in [-0.05, 0) is 55.2 Å². The lowest BCUT2D eigenvalue weighted by Gasteiger charge is -2.28. The van der Waals surface area contributed by atoms with Crippen molar-refractivity contribution in [2.75, 3.05) is 0 Å². The Morgan fingerprint density at radius 3 is 2.26 bits per heavy atom. The van der Waals surface area contributed by atoms with Crippen LogP contribution < -0.4 is 4.74 Å². The monoisotopic (exact) mass is 376 g/mol. The maximum Gasteiger partial charge on any atom is 0.346 e. The molecule has 144 valence electrons. The van der Waals surface area contributed by atoms with E-state index in [9.17, 15) is 18.0 Å². The second-order valence-electron chi connectivity index (χ2n) is 7.24. The number of hydrogen-bond acceptors (Lipinski definition) is 2. The van der Waals surface area contributed by atoms with Gasteiger partial charge < -0.3 is 4.74 Å². The van der Waals surface area contributed by atoms with E-state index in [0.717, 1.165) is 49.3 Å². The summed E-state index contributed by atoms with van der Waals surface area (Å²) in [6, 6.07) is 6.94. The Morgan fingerprint density at radius 2 is 1.67 bits per heavy atom. The molecule has 1 saturated carbocycles. The van der Waals surface area contributed by atoms with Crippen LogP contribution in [0.15, 0.2) is 36.4 Å². The lowest BCUT2D eigenvalue weighted by atomic mass is 9.77. The van der Waals surface area contributed by atoms with E-state index in [2.05, 4.69) is 6.92 Å². The van der Waals surface area contributed by atoms with E-state index in [0.29, 0.717) is 12.0 Å². The van der Waals surface area contributed by atoms with E-state index in [-0.39, 0.29) is 11.3 Å². The van der Waals surface area contributed by atoms with Crippen LogP contribution in [0, 0.1) is 23.4 Å². The Labute approximate surface area is 157 Å². The summed E-state index contributed by atoms with van der Waals surface area (Å²) in [7, 11) is 0. The molecule has 3 rings (SSSR count). The molecule has 0 unspecified atom stereocenters. The molecule has 5 heteroatoms. The molecular weight excluding hydrogens is 353 g/mol. The van der Waals surface area contributed by atoms with Gasteiger partial charge >= 0.3 is 5.97 Å². The molecule has 1 aliphatic carbocycles. The number of carbonyl (C=O) groups is 1. The lowest BCUT2D eigenvalue weighted by Crippen LogP contribution is -2.15. The van der Waals surface area contributed by atoms with Crippen molar-refractivity contribution in [1.82, 2.24) is 0 Å². The first kappa shape index (κ1) is 19.5. The van der Waals surface area contributed by atoms with Crippen LogP contribution >= 0.6 is 0 Å². The topological polar surface area (TPSA) is 26.3 Å². The van der Waals surface area contributed by atoms with Crippen molar-refractivity contribution in [3.05, 3.63) is 65.0 Å². The first-order valence-corrected chi connectivity index (χ1v) is 9.44. The molecular formula is C22H23F3O2. The second kappa shape index (κ2) is 8.59. The molecule has 0 aliphatic heterocycles. The van der Waals surface area contributed by atoms with Gasteiger partial charge in [-0.25, -0.2) is 18.0 Å². The predicted octanol–water partition coefficient (Wildman–Crippen LogP) is 6.40. The fourth-order valence-electron chi connectivity index (χ4n) is 3.89. The average Bonchev–Trinajstić information content (AvgIpc) is 2.61. The number of hydrogen-bond donors (Lipinski definition) is 0. The first-order chi connectivity index (χ1) is 13.0. The van der Waals surface area contributed by atoms with Crippen molar-refractivity contribution in [2.45, 2.75) is 51.4 Å². The maximum atomic E-state index is 14.5. The molecule has 2 aromatic carbocycles. The fourth-order valence-corrected chi connectivity index (χ4v) is 3.89. The van der Waals surface area contributed by atoms with Gasteiger partial charge in [-0.15, -0.1) is 0 Å². The SMILES string of the molecule is CCCC1CCC(c2ccc(C(=O)Oc3cc(F)cc(F)c3)c(F)c2)CC1. The summed E-state index contributed by atoms with van der Waals surface area (Å²) in [4.78, 5) is 12.2. The number of benzene rings is 2. The van der Waals surface area contributed by atoms with Crippen molar-refractivity contribution >= 4 is 5.97 Å². The van der Waals surface area contributed by atoms with Crippen molar-refractivity contribution in [3.8, 4) is 5.75 Å². The number of esters is 1. The molecule has 0 bridgehead atoms. The average molecular weight is 376 g/mol. The highest BCUT2D eigenvalue weighted by molar-refractivity contribution is 5.91. The van der Waals surface area contributed by atoms with Crippen molar-refractivity contribution in [3.63, 3.8) is 0 Å². The van der Waals surface area contributed by atoms with Gasteiger partial charge in [0.15, 0.2) is 0 Å². The van der Waals surface area contributed by atoms with Gasteiger partial charge in [0, 0.05) is 18.2 Å². The number of ether oxygens (including phenoxy) is 1. The molecule has 0 atom stereocenters. The number of rotatable bonds is 5. The van der Waals surface area contributed by atoms with E-state index in [1.807, 2.05) is 0 Å². The van der Waals surface area contributed by atoms with Gasteiger partial charge in [0.05, 0.1) is 5.56 Å². The van der Waals surface area contributed by atoms with Gasteiger partial charge in [-0.2, -0.15) is 0 Å². The highest BCUT2D eigenvalue weighted by atomic mass is 19.1. The third-order valence-corrected chi connectivity index (χ3v) is 5.27. The predicted molar refractivity (Wildman–Crippen MR) is 97.3 cm³/mol. The molecule has 0 aromatic heterocycles. The molecule has 0 amide bonds. The second-order valence-corrected chi connectivity index (χ2v) is 7.24. The van der Waals surface area contributed by atoms with Crippen molar-refractivity contribution in [2.24, 2.45) is 5.92 Å². The van der Waals surface area contributed by atoms with Gasteiger partial charge in [-0.1, -0.05) is 25.8 Å². The van der Waals surface area contributed by atoms with Gasteiger partial charge in [-0.3, -0.25) is 0 Å². The Hall–Kier alpha value is -2.30. The summed E-state index contributed by atoms with van der Waals surface area (Å²) >= 11 is 0. The molecule has 0 radical (unpaired) electrons. The largest absolute Gasteiger partial charge is 0.423 e. The van der Waals surface area contributed by atoms with Crippen LogP contribution in [0.4, 0.5) is 13.2 Å². The normalized spacial score (nSPS) is 19.7. The summed E-state index contributed by atoms with van der Waals surface area (Å²) in [5, 5.41) is 0. The zero-order chi connectivity index (χ0) is 19.4. The zero-order valence-electron chi connectivity index (χ0n) is 15.3. The summed E-state index contributed by atoms with van der Waals surface area (Å²) in [6.45, 7) is 2.19. The standard InChI is InChI=1S/C22H23F3O2/c1-2-3-14-4-6-15(7-5-14)16-8-9-20(21(25)10-16)22(26)27-19-12-17(23)11-18(24)13-19/h8-15H,2-7H2,1H3. The Bertz CT molecular complexity index is 791. The minimum Gasteiger partial charge on any atom is -0.423 e. The smallest absolute Gasteiger partial charge is 0.346 e. The maximum absolute atomic E-state index is 14.5. The number of halogens is 3. The molecule has 2 aromatic rings. The molecule has 0 saturated heterocycles. The zero-order valence-corrected chi connectivity index (χ0v) is 15.3. The van der Waals surface area contributed by atoms with Crippen molar-refractivity contribution < 1.29 is 22.7 Å². The Morgan fingerprint density at radius 1 is 1.00 bits per heavy atom. The van der Waals surface area contributed by atoms with E-state index < -0.39 is 23.4 Å². The van der Waals surface area contributed by atoms with Gasteiger partial charge in [0.2, 0.25) is 0 Å². The third kappa shape index (κ3) is 4.90. The molecule has 0 heterocycles. The lowest BCUT2D eigenvalue weighted by molar-refractivity contribution is 0.0729. The highest BCUT2D eigenvalue weighted by Gasteiger charge is 2.23. The van der Waals surface area contributed by atoms with Crippen molar-refractivity contribution in [1.29, 1.82) is 0 Å². The summed E-state index contributed by atoms with van der Waals surface area (Å²) < 4.78 is 45.8. The molecule has 0 spiro atoms. The Kier molecular flexibility index (Phi) is 6.19. The third-order valence-electron chi connectivity index (χ3n) is 5.27. The van der Waals surface area contributed by atoms with E-state index in [1.165, 1.54) is 25.0 Å². The Balaban J connectivity index is 1.68. The molecule has 0 N–H and O–H groups in total. The van der Waals surface area contributed by atoms with Gasteiger partial charge in [0.1, 0.15) is 23.2 Å². The van der Waals surface area contributed by atoms with E-state index in [4.69, 9.17) is 4.74 Å². The summed E-state index contributed by atoms with van der Waals surface area (Å²) in [5.41, 5.74) is 0.638. The quantitative estimate of drug-likeness (QED) is 0.446. The molecule has 27 heavy (non-hydrogen) atoms. The van der Waals surface area contributed by atoms with Crippen LogP contribution in [-0.2, 0) is 0 Å². The van der Waals surface area contributed by atoms with Gasteiger partial charge in [0.25, 0.3) is 0 Å². The van der Waals surface area contributed by atoms with Crippen LogP contribution in [0.25, 0.3) is 0 Å². The highest BCUT2D eigenvalue weighted by Crippen LogP contribution is 2.37.